The number of nitrogens with one attached hydrogen (secondary N) is 1. The van der Waals surface area contributed by atoms with E-state index in [9.17, 15) is 9.90 Å². The maximum atomic E-state index is 12.3. The first-order chi connectivity index (χ1) is 13.6. The number of phenolic OH excluding ortho intramolecular Hbond substituents is 1. The minimum absolute atomic E-state index is 0.0793. The van der Waals surface area contributed by atoms with E-state index < -0.39 is 0 Å². The second-order valence-electron chi connectivity index (χ2n) is 5.97. The molecule has 1 amide bonds. The number of aromatic nitrogens is 1. The summed E-state index contributed by atoms with van der Waals surface area (Å²) in [7, 11) is 1.57. The van der Waals surface area contributed by atoms with Crippen molar-refractivity contribution in [2.75, 3.05) is 7.11 Å². The minimum Gasteiger partial charge on any atom is -0.507 e. The van der Waals surface area contributed by atoms with Gasteiger partial charge in [-0.2, -0.15) is 0 Å². The average molecular weight is 443 g/mol. The number of halogens is 1. The second kappa shape index (κ2) is 9.23. The summed E-state index contributed by atoms with van der Waals surface area (Å²) in [6, 6.07) is 14.0. The number of pyridine rings is 1. The van der Waals surface area contributed by atoms with Crippen molar-refractivity contribution in [1.82, 2.24) is 10.3 Å². The van der Waals surface area contributed by atoms with Crippen LogP contribution in [0.15, 0.2) is 65.4 Å². The molecule has 2 aromatic carbocycles. The lowest BCUT2D eigenvalue weighted by Gasteiger charge is -2.13. The smallest absolute Gasteiger partial charge is 0.255 e. The van der Waals surface area contributed by atoms with Gasteiger partial charge in [-0.3, -0.25) is 9.78 Å². The van der Waals surface area contributed by atoms with Crippen LogP contribution in [0.1, 0.15) is 21.5 Å². The lowest BCUT2D eigenvalue weighted by molar-refractivity contribution is 0.0948. The van der Waals surface area contributed by atoms with E-state index in [4.69, 9.17) is 9.47 Å². The molecule has 28 heavy (non-hydrogen) atoms. The predicted molar refractivity (Wildman–Crippen MR) is 109 cm³/mol. The first-order valence-electron chi connectivity index (χ1n) is 8.52. The van der Waals surface area contributed by atoms with Gasteiger partial charge in [-0.05, 0) is 53.6 Å². The number of amides is 1. The number of carbonyl (C=O) groups is 1. The quantitative estimate of drug-likeness (QED) is 0.576. The molecule has 0 atom stereocenters. The Morgan fingerprint density at radius 3 is 2.57 bits per heavy atom. The minimum atomic E-state index is -0.359. The number of benzene rings is 2. The summed E-state index contributed by atoms with van der Waals surface area (Å²) in [5, 5.41) is 12.7. The highest BCUT2D eigenvalue weighted by atomic mass is 79.9. The molecule has 0 fully saturated rings. The molecule has 7 heteroatoms. The SMILES string of the molecule is COc1cc(CNC(=O)c2ccc(Br)cc2O)ccc1OCc1ccncc1. The molecule has 0 bridgehead atoms. The summed E-state index contributed by atoms with van der Waals surface area (Å²) >= 11 is 3.25. The van der Waals surface area contributed by atoms with Crippen LogP contribution < -0.4 is 14.8 Å². The van der Waals surface area contributed by atoms with Crippen molar-refractivity contribution in [1.29, 1.82) is 0 Å². The van der Waals surface area contributed by atoms with Crippen LogP contribution >= 0.6 is 15.9 Å². The van der Waals surface area contributed by atoms with Gasteiger partial charge in [0.25, 0.3) is 5.91 Å². The van der Waals surface area contributed by atoms with E-state index in [1.54, 1.807) is 37.7 Å². The first kappa shape index (κ1) is 19.7. The van der Waals surface area contributed by atoms with Gasteiger partial charge in [0, 0.05) is 23.4 Å². The molecule has 0 saturated heterocycles. The normalized spacial score (nSPS) is 10.4. The summed E-state index contributed by atoms with van der Waals surface area (Å²) in [5.41, 5.74) is 2.06. The van der Waals surface area contributed by atoms with E-state index >= 15 is 0 Å². The van der Waals surface area contributed by atoms with Crippen LogP contribution in [0.2, 0.25) is 0 Å². The Morgan fingerprint density at radius 1 is 1.07 bits per heavy atom. The Bertz CT molecular complexity index is 964. The largest absolute Gasteiger partial charge is 0.507 e. The first-order valence-corrected chi connectivity index (χ1v) is 9.31. The molecule has 3 rings (SSSR count). The highest BCUT2D eigenvalue weighted by molar-refractivity contribution is 9.10. The van der Waals surface area contributed by atoms with Crippen LogP contribution in [-0.4, -0.2) is 23.1 Å². The molecule has 1 aromatic heterocycles. The fourth-order valence-electron chi connectivity index (χ4n) is 2.56. The maximum Gasteiger partial charge on any atom is 0.255 e. The molecular weight excluding hydrogens is 424 g/mol. The Hall–Kier alpha value is -3.06. The molecule has 2 N–H and O–H groups in total. The molecule has 0 aliphatic rings. The summed E-state index contributed by atoms with van der Waals surface area (Å²) in [5.74, 6) is 0.749. The predicted octanol–water partition coefficient (Wildman–Crippen LogP) is 4.07. The molecule has 0 aliphatic carbocycles. The molecular formula is C21H19BrN2O4. The number of rotatable bonds is 7. The van der Waals surface area contributed by atoms with E-state index in [1.165, 1.54) is 6.07 Å². The van der Waals surface area contributed by atoms with Crippen molar-refractivity contribution in [2.45, 2.75) is 13.2 Å². The van der Waals surface area contributed by atoms with Gasteiger partial charge in [0.15, 0.2) is 11.5 Å². The van der Waals surface area contributed by atoms with Crippen molar-refractivity contribution in [3.8, 4) is 17.2 Å². The van der Waals surface area contributed by atoms with Crippen LogP contribution in [0.3, 0.4) is 0 Å². The number of hydrogen-bond donors (Lipinski definition) is 2. The van der Waals surface area contributed by atoms with Crippen molar-refractivity contribution >= 4 is 21.8 Å². The highest BCUT2D eigenvalue weighted by Gasteiger charge is 2.12. The number of aromatic hydroxyl groups is 1. The van der Waals surface area contributed by atoms with Crippen molar-refractivity contribution < 1.29 is 19.4 Å². The average Bonchev–Trinajstić information content (AvgIpc) is 2.71. The van der Waals surface area contributed by atoms with Gasteiger partial charge in [-0.25, -0.2) is 0 Å². The van der Waals surface area contributed by atoms with E-state index in [0.717, 1.165) is 11.1 Å². The van der Waals surface area contributed by atoms with Crippen LogP contribution in [0.4, 0.5) is 0 Å². The van der Waals surface area contributed by atoms with Crippen LogP contribution in [0.5, 0.6) is 17.2 Å². The van der Waals surface area contributed by atoms with Gasteiger partial charge in [0.05, 0.1) is 12.7 Å². The third-order valence-corrected chi connectivity index (χ3v) is 4.52. The molecule has 6 nitrogen and oxygen atoms in total. The molecule has 0 unspecified atom stereocenters. The summed E-state index contributed by atoms with van der Waals surface area (Å²) in [6.07, 6.45) is 3.43. The summed E-state index contributed by atoms with van der Waals surface area (Å²) in [4.78, 5) is 16.3. The molecule has 1 heterocycles. The van der Waals surface area contributed by atoms with Crippen LogP contribution in [0.25, 0.3) is 0 Å². The number of ether oxygens (including phenoxy) is 2. The number of phenols is 1. The third kappa shape index (κ3) is 5.01. The van der Waals surface area contributed by atoms with Crippen molar-refractivity contribution in [3.63, 3.8) is 0 Å². The summed E-state index contributed by atoms with van der Waals surface area (Å²) < 4.78 is 11.9. The fraction of sp³-hybridized carbons (Fsp3) is 0.143. The number of nitrogens with zero attached hydrogens (tertiary/aromatic N) is 1. The van der Waals surface area contributed by atoms with Gasteiger partial charge < -0.3 is 19.9 Å². The summed E-state index contributed by atoms with van der Waals surface area (Å²) in [6.45, 7) is 0.688. The zero-order valence-electron chi connectivity index (χ0n) is 15.2. The molecule has 144 valence electrons. The van der Waals surface area contributed by atoms with E-state index in [-0.39, 0.29) is 23.8 Å². The van der Waals surface area contributed by atoms with E-state index in [2.05, 4.69) is 26.2 Å². The molecule has 0 spiro atoms. The lowest BCUT2D eigenvalue weighted by atomic mass is 10.1. The molecule has 0 radical (unpaired) electrons. The molecule has 3 aromatic rings. The Labute approximate surface area is 171 Å². The zero-order chi connectivity index (χ0) is 19.9. The van der Waals surface area contributed by atoms with E-state index in [1.807, 2.05) is 24.3 Å². The molecule has 0 saturated carbocycles. The Balaban J connectivity index is 1.64. The number of carbonyl (C=O) groups excluding carboxylic acids is 1. The Kier molecular flexibility index (Phi) is 6.49. The standard InChI is InChI=1S/C21H19BrN2O4/c1-27-20-10-15(2-5-19(20)28-13-14-6-8-23-9-7-14)12-24-21(26)17-4-3-16(22)11-18(17)25/h2-11,25H,12-13H2,1H3,(H,24,26). The third-order valence-electron chi connectivity index (χ3n) is 4.03. The second-order valence-corrected chi connectivity index (χ2v) is 6.89. The number of methoxy groups -OCH3 is 1. The van der Waals surface area contributed by atoms with Gasteiger partial charge in [-0.1, -0.05) is 22.0 Å². The maximum absolute atomic E-state index is 12.3. The topological polar surface area (TPSA) is 80.7 Å². The van der Waals surface area contributed by atoms with Gasteiger partial charge in [-0.15, -0.1) is 0 Å². The van der Waals surface area contributed by atoms with Crippen LogP contribution in [-0.2, 0) is 13.2 Å². The van der Waals surface area contributed by atoms with E-state index in [0.29, 0.717) is 22.6 Å². The monoisotopic (exact) mass is 442 g/mol. The fourth-order valence-corrected chi connectivity index (χ4v) is 2.90. The van der Waals surface area contributed by atoms with Crippen LogP contribution in [0, 0.1) is 0 Å². The Morgan fingerprint density at radius 2 is 1.86 bits per heavy atom. The van der Waals surface area contributed by atoms with Gasteiger partial charge in [0.1, 0.15) is 12.4 Å². The lowest BCUT2D eigenvalue weighted by Crippen LogP contribution is -2.22. The van der Waals surface area contributed by atoms with Gasteiger partial charge >= 0.3 is 0 Å². The highest BCUT2D eigenvalue weighted by Crippen LogP contribution is 2.29. The van der Waals surface area contributed by atoms with Gasteiger partial charge in [0.2, 0.25) is 0 Å². The van der Waals surface area contributed by atoms with Crippen molar-refractivity contribution in [3.05, 3.63) is 82.1 Å². The number of hydrogen-bond acceptors (Lipinski definition) is 5. The van der Waals surface area contributed by atoms with Crippen molar-refractivity contribution in [2.24, 2.45) is 0 Å². The molecule has 0 aliphatic heterocycles. The zero-order valence-corrected chi connectivity index (χ0v) is 16.8.